The fourth-order valence-corrected chi connectivity index (χ4v) is 2.04. The molecular weight excluding hydrogens is 267 g/mol. The zero-order valence-electron chi connectivity index (χ0n) is 7.41. The van der Waals surface area contributed by atoms with E-state index in [1.807, 2.05) is 6.92 Å². The van der Waals surface area contributed by atoms with E-state index in [0.717, 1.165) is 15.9 Å². The van der Waals surface area contributed by atoms with E-state index < -0.39 is 0 Å². The summed E-state index contributed by atoms with van der Waals surface area (Å²) in [4.78, 5) is 4.32. The molecule has 2 rings (SSSR count). The third kappa shape index (κ3) is 1.51. The summed E-state index contributed by atoms with van der Waals surface area (Å²) < 4.78 is 2.38. The number of imidazole rings is 1. The molecule has 1 atom stereocenters. The largest absolute Gasteiger partial charge is 0.323 e. The molecule has 0 aliphatic heterocycles. The quantitative estimate of drug-likeness (QED) is 0.868. The van der Waals surface area contributed by atoms with Gasteiger partial charge in [-0.15, -0.1) is 0 Å². The van der Waals surface area contributed by atoms with E-state index in [4.69, 9.17) is 17.3 Å². The van der Waals surface area contributed by atoms with Crippen molar-refractivity contribution in [2.45, 2.75) is 13.0 Å². The zero-order chi connectivity index (χ0) is 10.3. The van der Waals surface area contributed by atoms with Gasteiger partial charge in [0.2, 0.25) is 0 Å². The van der Waals surface area contributed by atoms with Crippen molar-refractivity contribution in [3.63, 3.8) is 0 Å². The number of nitrogens with zero attached hydrogens (tertiary/aromatic N) is 3. The molecule has 14 heavy (non-hydrogen) atoms. The Hall–Kier alpha value is -0.650. The molecule has 1 unspecified atom stereocenters. The number of nitrogens with two attached hydrogens (primary N) is 1. The molecule has 0 bridgehead atoms. The topological polar surface area (TPSA) is 56.2 Å². The molecule has 2 heterocycles. The Morgan fingerprint density at radius 3 is 2.93 bits per heavy atom. The summed E-state index contributed by atoms with van der Waals surface area (Å²) in [6.07, 6.45) is 0. The van der Waals surface area contributed by atoms with Crippen LogP contribution in [0.15, 0.2) is 16.7 Å². The summed E-state index contributed by atoms with van der Waals surface area (Å²) in [5, 5.41) is 4.52. The molecule has 0 aliphatic rings. The van der Waals surface area contributed by atoms with Crippen LogP contribution >= 0.6 is 27.5 Å². The van der Waals surface area contributed by atoms with Gasteiger partial charge in [-0.25, -0.2) is 9.50 Å². The molecule has 4 nitrogen and oxygen atoms in total. The molecule has 0 saturated heterocycles. The van der Waals surface area contributed by atoms with Crippen LogP contribution in [-0.4, -0.2) is 14.6 Å². The van der Waals surface area contributed by atoms with E-state index in [1.165, 1.54) is 0 Å². The smallest absolute Gasteiger partial charge is 0.155 e. The monoisotopic (exact) mass is 274 g/mol. The van der Waals surface area contributed by atoms with Crippen LogP contribution in [0.4, 0.5) is 0 Å². The van der Waals surface area contributed by atoms with Gasteiger partial charge in [-0.2, -0.15) is 5.10 Å². The van der Waals surface area contributed by atoms with Crippen LogP contribution in [0.2, 0.25) is 5.15 Å². The highest BCUT2D eigenvalue weighted by Crippen LogP contribution is 2.22. The van der Waals surface area contributed by atoms with Crippen LogP contribution < -0.4 is 5.73 Å². The Kier molecular flexibility index (Phi) is 2.47. The van der Waals surface area contributed by atoms with E-state index in [1.54, 1.807) is 16.6 Å². The molecule has 6 heteroatoms. The number of hydrogen-bond acceptors (Lipinski definition) is 3. The van der Waals surface area contributed by atoms with Gasteiger partial charge in [0, 0.05) is 6.04 Å². The maximum absolute atomic E-state index is 5.77. The molecular formula is C8H8BrClN4. The molecule has 0 aromatic carbocycles. The van der Waals surface area contributed by atoms with Crippen molar-refractivity contribution in [1.82, 2.24) is 14.6 Å². The van der Waals surface area contributed by atoms with Gasteiger partial charge in [0.05, 0.1) is 5.69 Å². The molecule has 74 valence electrons. The van der Waals surface area contributed by atoms with Gasteiger partial charge >= 0.3 is 0 Å². The Morgan fingerprint density at radius 2 is 2.29 bits per heavy atom. The van der Waals surface area contributed by atoms with E-state index in [-0.39, 0.29) is 6.04 Å². The summed E-state index contributed by atoms with van der Waals surface area (Å²) in [5.41, 5.74) is 7.26. The summed E-state index contributed by atoms with van der Waals surface area (Å²) in [5.74, 6) is 0. The Morgan fingerprint density at radius 1 is 1.57 bits per heavy atom. The number of hydrogen-bond donors (Lipinski definition) is 1. The second kappa shape index (κ2) is 3.49. The maximum atomic E-state index is 5.77. The lowest BCUT2D eigenvalue weighted by atomic mass is 10.3. The second-order valence-corrected chi connectivity index (χ2v) is 4.14. The van der Waals surface area contributed by atoms with Gasteiger partial charge < -0.3 is 5.73 Å². The molecule has 0 saturated carbocycles. The number of halogens is 2. The van der Waals surface area contributed by atoms with Gasteiger partial charge in [-0.3, -0.25) is 0 Å². The zero-order valence-corrected chi connectivity index (χ0v) is 9.75. The van der Waals surface area contributed by atoms with Crippen molar-refractivity contribution in [1.29, 1.82) is 0 Å². The predicted octanol–water partition coefficient (Wildman–Crippen LogP) is 2.16. The number of aromatic nitrogens is 3. The first kappa shape index (κ1) is 9.89. The van der Waals surface area contributed by atoms with E-state index in [9.17, 15) is 0 Å². The molecule has 0 aliphatic carbocycles. The summed E-state index contributed by atoms with van der Waals surface area (Å²) >= 11 is 9.15. The number of rotatable bonds is 1. The average molecular weight is 276 g/mol. The van der Waals surface area contributed by atoms with Crippen LogP contribution in [0, 0.1) is 0 Å². The SMILES string of the molecule is CC(N)c1nc2ccc(Cl)nn2c1Br. The van der Waals surface area contributed by atoms with Crippen LogP contribution in [0.25, 0.3) is 5.65 Å². The predicted molar refractivity (Wildman–Crippen MR) is 58.3 cm³/mol. The van der Waals surface area contributed by atoms with Crippen molar-refractivity contribution in [2.75, 3.05) is 0 Å². The Bertz CT molecular complexity index is 479. The molecule has 2 N–H and O–H groups in total. The lowest BCUT2D eigenvalue weighted by Gasteiger charge is -1.99. The van der Waals surface area contributed by atoms with Crippen LogP contribution in [0.1, 0.15) is 18.7 Å². The van der Waals surface area contributed by atoms with Crippen LogP contribution in [-0.2, 0) is 0 Å². The van der Waals surface area contributed by atoms with Gasteiger partial charge in [-0.1, -0.05) is 11.6 Å². The fourth-order valence-electron chi connectivity index (χ4n) is 1.19. The minimum absolute atomic E-state index is 0.134. The average Bonchev–Trinajstić information content (AvgIpc) is 2.44. The first-order valence-corrected chi connectivity index (χ1v) is 5.23. The van der Waals surface area contributed by atoms with Crippen molar-refractivity contribution >= 4 is 33.2 Å². The summed E-state index contributed by atoms with van der Waals surface area (Å²) in [6, 6.07) is 3.36. The molecule has 0 fully saturated rings. The molecule has 0 spiro atoms. The van der Waals surface area contributed by atoms with Crippen molar-refractivity contribution in [3.05, 3.63) is 27.6 Å². The summed E-state index contributed by atoms with van der Waals surface area (Å²) in [7, 11) is 0. The first-order chi connectivity index (χ1) is 6.59. The van der Waals surface area contributed by atoms with Crippen molar-refractivity contribution in [3.8, 4) is 0 Å². The van der Waals surface area contributed by atoms with Crippen LogP contribution in [0.3, 0.4) is 0 Å². The van der Waals surface area contributed by atoms with Gasteiger partial charge in [0.25, 0.3) is 0 Å². The Labute approximate surface area is 94.2 Å². The van der Waals surface area contributed by atoms with Gasteiger partial charge in [-0.05, 0) is 35.0 Å². The minimum atomic E-state index is -0.134. The lowest BCUT2D eigenvalue weighted by Crippen LogP contribution is -2.06. The fraction of sp³-hybridized carbons (Fsp3) is 0.250. The molecule has 0 radical (unpaired) electrons. The standard InChI is InChI=1S/C8H8BrClN4/c1-4(11)7-8(9)14-6(12-7)3-2-5(10)13-14/h2-4H,11H2,1H3. The Balaban J connectivity index is 2.74. The minimum Gasteiger partial charge on any atom is -0.323 e. The van der Waals surface area contributed by atoms with Gasteiger partial charge in [0.1, 0.15) is 9.76 Å². The highest BCUT2D eigenvalue weighted by atomic mass is 79.9. The van der Waals surface area contributed by atoms with Crippen molar-refractivity contribution in [2.24, 2.45) is 5.73 Å². The first-order valence-electron chi connectivity index (χ1n) is 4.06. The van der Waals surface area contributed by atoms with Crippen LogP contribution in [0.5, 0.6) is 0 Å². The van der Waals surface area contributed by atoms with Crippen molar-refractivity contribution < 1.29 is 0 Å². The lowest BCUT2D eigenvalue weighted by molar-refractivity contribution is 0.778. The van der Waals surface area contributed by atoms with E-state index in [0.29, 0.717) is 5.15 Å². The second-order valence-electron chi connectivity index (χ2n) is 3.00. The van der Waals surface area contributed by atoms with E-state index in [2.05, 4.69) is 26.0 Å². The third-order valence-corrected chi connectivity index (χ3v) is 2.79. The highest BCUT2D eigenvalue weighted by Gasteiger charge is 2.13. The third-order valence-electron chi connectivity index (χ3n) is 1.85. The normalized spacial score (nSPS) is 13.4. The van der Waals surface area contributed by atoms with Gasteiger partial charge in [0.15, 0.2) is 5.65 Å². The molecule has 2 aromatic heterocycles. The maximum Gasteiger partial charge on any atom is 0.155 e. The molecule has 2 aromatic rings. The summed E-state index contributed by atoms with van der Waals surface area (Å²) in [6.45, 7) is 1.87. The number of fused-ring (bicyclic) bond motifs is 1. The molecule has 0 amide bonds. The van der Waals surface area contributed by atoms with E-state index >= 15 is 0 Å². The highest BCUT2D eigenvalue weighted by molar-refractivity contribution is 9.10.